The van der Waals surface area contributed by atoms with E-state index in [4.69, 9.17) is 4.98 Å². The van der Waals surface area contributed by atoms with Gasteiger partial charge in [0.1, 0.15) is 35.5 Å². The summed E-state index contributed by atoms with van der Waals surface area (Å²) >= 11 is 0. The molecule has 0 fully saturated rings. The van der Waals surface area contributed by atoms with Crippen LogP contribution in [0.25, 0.3) is 11.3 Å². The zero-order valence-electron chi connectivity index (χ0n) is 15.8. The van der Waals surface area contributed by atoms with Crippen LogP contribution in [-0.2, 0) is 16.9 Å². The van der Waals surface area contributed by atoms with Crippen molar-refractivity contribution in [3.05, 3.63) is 65.5 Å². The number of hydrogen-bond donors (Lipinski definition) is 2. The number of halogens is 2. The standard InChI is InChI=1S/C21H20F2N4O/c1-12-10-15(8-9-16(12)23)24-19-18(13-4-6-14(22)7-5-13)25-20-21(2,3)26-17(28)11-27(19)20/h4-10,24H,11H2,1-3H3,(H,26,28). The molecule has 0 saturated carbocycles. The van der Waals surface area contributed by atoms with Crippen LogP contribution in [0.2, 0.25) is 0 Å². The number of aromatic nitrogens is 2. The Hall–Kier alpha value is -3.22. The highest BCUT2D eigenvalue weighted by molar-refractivity contribution is 5.83. The van der Waals surface area contributed by atoms with Crippen molar-refractivity contribution in [3.63, 3.8) is 0 Å². The van der Waals surface area contributed by atoms with E-state index >= 15 is 0 Å². The first-order chi connectivity index (χ1) is 13.2. The van der Waals surface area contributed by atoms with Crippen LogP contribution in [0.3, 0.4) is 0 Å². The zero-order chi connectivity index (χ0) is 20.1. The number of carbonyl (C=O) groups excluding carboxylic acids is 1. The molecule has 1 aliphatic heterocycles. The molecule has 4 rings (SSSR count). The van der Waals surface area contributed by atoms with Crippen LogP contribution in [0.5, 0.6) is 0 Å². The van der Waals surface area contributed by atoms with Gasteiger partial charge in [0.15, 0.2) is 0 Å². The van der Waals surface area contributed by atoms with Crippen molar-refractivity contribution >= 4 is 17.4 Å². The Kier molecular flexibility index (Phi) is 4.18. The summed E-state index contributed by atoms with van der Waals surface area (Å²) in [5, 5.41) is 6.21. The van der Waals surface area contributed by atoms with Crippen molar-refractivity contribution in [1.29, 1.82) is 0 Å². The van der Waals surface area contributed by atoms with E-state index in [9.17, 15) is 13.6 Å². The number of imidazole rings is 1. The van der Waals surface area contributed by atoms with Gasteiger partial charge in [-0.1, -0.05) is 0 Å². The molecular weight excluding hydrogens is 362 g/mol. The van der Waals surface area contributed by atoms with Crippen LogP contribution < -0.4 is 10.6 Å². The van der Waals surface area contributed by atoms with Crippen LogP contribution >= 0.6 is 0 Å². The molecule has 0 bridgehead atoms. The van der Waals surface area contributed by atoms with Crippen LogP contribution in [0, 0.1) is 18.6 Å². The molecule has 2 heterocycles. The highest BCUT2D eigenvalue weighted by Crippen LogP contribution is 2.36. The largest absolute Gasteiger partial charge is 0.342 e. The molecule has 0 unspecified atom stereocenters. The highest BCUT2D eigenvalue weighted by Gasteiger charge is 2.36. The molecule has 0 saturated heterocycles. The van der Waals surface area contributed by atoms with Crippen molar-refractivity contribution in [2.75, 3.05) is 5.32 Å². The third-order valence-corrected chi connectivity index (χ3v) is 4.82. The number of rotatable bonds is 3. The van der Waals surface area contributed by atoms with Gasteiger partial charge >= 0.3 is 0 Å². The molecule has 7 heteroatoms. The first-order valence-corrected chi connectivity index (χ1v) is 8.96. The average Bonchev–Trinajstić information content (AvgIpc) is 2.97. The van der Waals surface area contributed by atoms with E-state index in [1.807, 2.05) is 18.4 Å². The van der Waals surface area contributed by atoms with Gasteiger partial charge in [0.2, 0.25) is 5.91 Å². The molecule has 5 nitrogen and oxygen atoms in total. The zero-order valence-corrected chi connectivity index (χ0v) is 15.8. The smallest absolute Gasteiger partial charge is 0.240 e. The Morgan fingerprint density at radius 1 is 1.14 bits per heavy atom. The number of aryl methyl sites for hydroxylation is 1. The fourth-order valence-corrected chi connectivity index (χ4v) is 3.47. The fraction of sp³-hybridized carbons (Fsp3) is 0.238. The molecule has 2 N–H and O–H groups in total. The van der Waals surface area contributed by atoms with E-state index in [2.05, 4.69) is 10.6 Å². The van der Waals surface area contributed by atoms with E-state index in [1.54, 1.807) is 31.2 Å². The number of nitrogens with one attached hydrogen (secondary N) is 2. The number of anilines is 2. The van der Waals surface area contributed by atoms with Gasteiger partial charge in [-0.25, -0.2) is 13.8 Å². The van der Waals surface area contributed by atoms with Crippen molar-refractivity contribution in [2.45, 2.75) is 32.9 Å². The fourth-order valence-electron chi connectivity index (χ4n) is 3.47. The van der Waals surface area contributed by atoms with Crippen molar-refractivity contribution in [2.24, 2.45) is 0 Å². The molecule has 3 aromatic rings. The molecule has 0 aliphatic carbocycles. The number of nitrogens with zero attached hydrogens (tertiary/aromatic N) is 2. The molecule has 0 spiro atoms. The van der Waals surface area contributed by atoms with E-state index in [0.29, 0.717) is 34.2 Å². The van der Waals surface area contributed by atoms with Gasteiger partial charge in [0.05, 0.1) is 5.54 Å². The maximum Gasteiger partial charge on any atom is 0.240 e. The van der Waals surface area contributed by atoms with E-state index < -0.39 is 5.54 Å². The van der Waals surface area contributed by atoms with Gasteiger partial charge in [0.25, 0.3) is 0 Å². The predicted octanol–water partition coefficient (Wildman–Crippen LogP) is 4.25. The number of amides is 1. The second-order valence-corrected chi connectivity index (χ2v) is 7.49. The van der Waals surface area contributed by atoms with Gasteiger partial charge in [0, 0.05) is 11.3 Å². The van der Waals surface area contributed by atoms with Crippen molar-refractivity contribution in [3.8, 4) is 11.3 Å². The normalized spacial score (nSPS) is 15.1. The van der Waals surface area contributed by atoms with Gasteiger partial charge in [-0.2, -0.15) is 0 Å². The monoisotopic (exact) mass is 382 g/mol. The predicted molar refractivity (Wildman–Crippen MR) is 103 cm³/mol. The highest BCUT2D eigenvalue weighted by atomic mass is 19.1. The molecule has 0 radical (unpaired) electrons. The summed E-state index contributed by atoms with van der Waals surface area (Å²) in [4.78, 5) is 17.0. The molecule has 1 aromatic heterocycles. The number of carbonyl (C=O) groups is 1. The third kappa shape index (κ3) is 3.13. The third-order valence-electron chi connectivity index (χ3n) is 4.82. The molecule has 1 amide bonds. The summed E-state index contributed by atoms with van der Waals surface area (Å²) in [5.41, 5.74) is 1.83. The van der Waals surface area contributed by atoms with Crippen LogP contribution in [0.4, 0.5) is 20.3 Å². The van der Waals surface area contributed by atoms with Gasteiger partial charge in [-0.15, -0.1) is 0 Å². The topological polar surface area (TPSA) is 59.0 Å². The molecule has 1 aliphatic rings. The lowest BCUT2D eigenvalue weighted by molar-refractivity contribution is -0.124. The van der Waals surface area contributed by atoms with Crippen LogP contribution in [0.1, 0.15) is 25.2 Å². The lowest BCUT2D eigenvalue weighted by Crippen LogP contribution is -2.49. The first-order valence-electron chi connectivity index (χ1n) is 8.96. The summed E-state index contributed by atoms with van der Waals surface area (Å²) < 4.78 is 28.9. The Morgan fingerprint density at radius 3 is 2.54 bits per heavy atom. The lowest BCUT2D eigenvalue weighted by Gasteiger charge is -2.31. The van der Waals surface area contributed by atoms with E-state index in [-0.39, 0.29) is 24.1 Å². The summed E-state index contributed by atoms with van der Waals surface area (Å²) in [5.74, 6) is 0.538. The maximum atomic E-state index is 13.7. The molecule has 28 heavy (non-hydrogen) atoms. The lowest BCUT2D eigenvalue weighted by atomic mass is 10.0. The number of hydrogen-bond acceptors (Lipinski definition) is 3. The number of fused-ring (bicyclic) bond motifs is 1. The Balaban J connectivity index is 1.89. The molecule has 0 atom stereocenters. The van der Waals surface area contributed by atoms with E-state index in [0.717, 1.165) is 0 Å². The Bertz CT molecular complexity index is 1070. The molecule has 2 aromatic carbocycles. The Morgan fingerprint density at radius 2 is 1.86 bits per heavy atom. The number of benzene rings is 2. The maximum absolute atomic E-state index is 13.7. The van der Waals surface area contributed by atoms with Gasteiger partial charge < -0.3 is 15.2 Å². The minimum atomic E-state index is -0.664. The second kappa shape index (κ2) is 6.44. The minimum absolute atomic E-state index is 0.107. The first kappa shape index (κ1) is 18.2. The Labute approximate surface area is 161 Å². The van der Waals surface area contributed by atoms with Crippen molar-refractivity contribution in [1.82, 2.24) is 14.9 Å². The van der Waals surface area contributed by atoms with Gasteiger partial charge in [-0.05, 0) is 68.8 Å². The molecular formula is C21H20F2N4O. The average molecular weight is 382 g/mol. The summed E-state index contributed by atoms with van der Waals surface area (Å²) in [6.45, 7) is 5.55. The van der Waals surface area contributed by atoms with Crippen LogP contribution in [0.15, 0.2) is 42.5 Å². The van der Waals surface area contributed by atoms with Gasteiger partial charge in [-0.3, -0.25) is 4.79 Å². The van der Waals surface area contributed by atoms with E-state index in [1.165, 1.54) is 18.2 Å². The van der Waals surface area contributed by atoms with Crippen LogP contribution in [-0.4, -0.2) is 15.5 Å². The second-order valence-electron chi connectivity index (χ2n) is 7.49. The minimum Gasteiger partial charge on any atom is -0.342 e. The molecule has 144 valence electrons. The SMILES string of the molecule is Cc1cc(Nc2c(-c3ccc(F)cc3)nc3n2CC(=O)NC3(C)C)ccc1F. The summed E-state index contributed by atoms with van der Waals surface area (Å²) in [7, 11) is 0. The van der Waals surface area contributed by atoms with Crippen molar-refractivity contribution < 1.29 is 13.6 Å². The summed E-state index contributed by atoms with van der Waals surface area (Å²) in [6.07, 6.45) is 0. The summed E-state index contributed by atoms with van der Waals surface area (Å²) in [6, 6.07) is 10.7. The quantitative estimate of drug-likeness (QED) is 0.712.